The second kappa shape index (κ2) is 13.6. The Labute approximate surface area is 342 Å². The van der Waals surface area contributed by atoms with Gasteiger partial charge in [0.25, 0.3) is 0 Å². The fourth-order valence-electron chi connectivity index (χ4n) is 8.21. The van der Waals surface area contributed by atoms with Crippen molar-refractivity contribution >= 4 is 54.8 Å². The fourth-order valence-corrected chi connectivity index (χ4v) is 8.21. The molecule has 4 heterocycles. The molecular weight excluding hydrogens is 741 g/mol. The van der Waals surface area contributed by atoms with E-state index in [2.05, 4.69) is 88.8 Å². The van der Waals surface area contributed by atoms with Crippen LogP contribution in [0.2, 0.25) is 0 Å². The number of oxazole rings is 1. The maximum atomic E-state index is 6.48. The van der Waals surface area contributed by atoms with Crippen LogP contribution in [0.25, 0.3) is 123 Å². The molecule has 0 unspecified atom stereocenters. The number of nitrogens with zero attached hydrogens (tertiary/aromatic N) is 6. The van der Waals surface area contributed by atoms with Crippen molar-refractivity contribution in [1.82, 2.24) is 29.9 Å². The van der Waals surface area contributed by atoms with Crippen LogP contribution in [-0.4, -0.2) is 29.9 Å². The van der Waals surface area contributed by atoms with Gasteiger partial charge in [-0.25, -0.2) is 19.9 Å². The van der Waals surface area contributed by atoms with Crippen molar-refractivity contribution in [1.29, 1.82) is 0 Å². The monoisotopic (exact) mass is 770 g/mol. The van der Waals surface area contributed by atoms with Crippen molar-refractivity contribution in [3.05, 3.63) is 182 Å². The van der Waals surface area contributed by atoms with Crippen LogP contribution in [-0.2, 0) is 0 Å². The first-order valence-corrected chi connectivity index (χ1v) is 19.7. The van der Waals surface area contributed by atoms with Gasteiger partial charge < -0.3 is 8.83 Å². The van der Waals surface area contributed by atoms with Crippen molar-refractivity contribution in [3.63, 3.8) is 0 Å². The number of para-hydroxylation sites is 1. The minimum Gasteiger partial charge on any atom is -0.452 e. The Morgan fingerprint density at radius 1 is 0.333 bits per heavy atom. The van der Waals surface area contributed by atoms with Crippen LogP contribution in [0, 0.1) is 0 Å². The minimum atomic E-state index is 0.478. The predicted octanol–water partition coefficient (Wildman–Crippen LogP) is 13.0. The van der Waals surface area contributed by atoms with Crippen molar-refractivity contribution in [3.8, 4) is 67.9 Å². The summed E-state index contributed by atoms with van der Waals surface area (Å²) in [4.78, 5) is 28.6. The zero-order valence-corrected chi connectivity index (χ0v) is 31.8. The van der Waals surface area contributed by atoms with Crippen LogP contribution >= 0.6 is 0 Å². The third-order valence-electron chi connectivity index (χ3n) is 11.1. The summed E-state index contributed by atoms with van der Waals surface area (Å²) in [5, 5.41) is 4.29. The number of hydrogen-bond acceptors (Lipinski definition) is 8. The minimum absolute atomic E-state index is 0.478. The highest BCUT2D eigenvalue weighted by molar-refractivity contribution is 6.15. The molecule has 8 aromatic carbocycles. The number of hydrogen-bond donors (Lipinski definition) is 0. The second-order valence-electron chi connectivity index (χ2n) is 14.7. The van der Waals surface area contributed by atoms with E-state index in [1.165, 1.54) is 0 Å². The molecule has 0 spiro atoms. The van der Waals surface area contributed by atoms with Crippen LogP contribution < -0.4 is 0 Å². The largest absolute Gasteiger partial charge is 0.452 e. The first kappa shape index (κ1) is 33.7. The number of fused-ring (bicyclic) bond motifs is 7. The molecule has 0 aliphatic carbocycles. The molecule has 0 saturated carbocycles. The summed E-state index contributed by atoms with van der Waals surface area (Å²) in [6.07, 6.45) is 3.36. The molecule has 8 heteroatoms. The summed E-state index contributed by atoms with van der Waals surface area (Å²) in [5.41, 5.74) is 12.3. The number of furan rings is 1. The highest BCUT2D eigenvalue weighted by atomic mass is 16.4. The van der Waals surface area contributed by atoms with Crippen LogP contribution in [0.5, 0.6) is 0 Å². The molecule has 0 aliphatic rings. The summed E-state index contributed by atoms with van der Waals surface area (Å²) in [7, 11) is 0. The zero-order valence-electron chi connectivity index (χ0n) is 31.8. The van der Waals surface area contributed by atoms with Gasteiger partial charge in [-0.05, 0) is 69.4 Å². The van der Waals surface area contributed by atoms with E-state index >= 15 is 0 Å². The summed E-state index contributed by atoms with van der Waals surface area (Å²) in [5.74, 6) is 2.38. The maximum absolute atomic E-state index is 6.48. The van der Waals surface area contributed by atoms with Gasteiger partial charge >= 0.3 is 0 Å². The van der Waals surface area contributed by atoms with Crippen molar-refractivity contribution in [2.45, 2.75) is 0 Å². The summed E-state index contributed by atoms with van der Waals surface area (Å²) in [6, 6.07) is 57.8. The Morgan fingerprint density at radius 2 is 0.933 bits per heavy atom. The summed E-state index contributed by atoms with van der Waals surface area (Å²) >= 11 is 0. The first-order valence-electron chi connectivity index (χ1n) is 19.7. The molecule has 0 fully saturated rings. The average molecular weight is 771 g/mol. The highest BCUT2D eigenvalue weighted by Crippen LogP contribution is 2.41. The molecule has 60 heavy (non-hydrogen) atoms. The van der Waals surface area contributed by atoms with Crippen LogP contribution in [0.15, 0.2) is 191 Å². The van der Waals surface area contributed by atoms with E-state index in [4.69, 9.17) is 28.8 Å². The third-order valence-corrected chi connectivity index (χ3v) is 11.1. The Balaban J connectivity index is 0.913. The molecule has 0 radical (unpaired) electrons. The molecular formula is C52H30N6O2. The summed E-state index contributed by atoms with van der Waals surface area (Å²) in [6.45, 7) is 0. The van der Waals surface area contributed by atoms with E-state index in [1.54, 1.807) is 12.4 Å². The predicted molar refractivity (Wildman–Crippen MR) is 238 cm³/mol. The van der Waals surface area contributed by atoms with E-state index in [9.17, 15) is 0 Å². The average Bonchev–Trinajstić information content (AvgIpc) is 3.93. The van der Waals surface area contributed by atoms with Gasteiger partial charge in [0.2, 0.25) is 5.89 Å². The lowest BCUT2D eigenvalue weighted by molar-refractivity contribution is 0.604. The van der Waals surface area contributed by atoms with Crippen LogP contribution in [0.1, 0.15) is 0 Å². The van der Waals surface area contributed by atoms with E-state index in [0.29, 0.717) is 34.5 Å². The quantitative estimate of drug-likeness (QED) is 0.165. The van der Waals surface area contributed by atoms with E-state index in [0.717, 1.165) is 88.2 Å². The van der Waals surface area contributed by atoms with Gasteiger partial charge in [0.05, 0.1) is 11.1 Å². The molecule has 8 nitrogen and oxygen atoms in total. The molecule has 280 valence electrons. The van der Waals surface area contributed by atoms with Crippen LogP contribution in [0.4, 0.5) is 0 Å². The standard InChI is InChI=1S/C52H30N6O2/c1-3-10-32(11-4-1)49-56-50(33-12-5-2-6-13-33)58-51(57-49)34-20-18-31(19-21-34)36-23-24-37(39-15-8-7-14-38(36)39)35-22-27-45-42(30-35)40-25-26-44-48(47(40)59-45)60-52(55-44)41-16-9-17-43-46(41)54-29-28-53-43/h1-30H. The Kier molecular flexibility index (Phi) is 7.67. The van der Waals surface area contributed by atoms with Gasteiger partial charge in [0, 0.05) is 39.9 Å². The zero-order chi connectivity index (χ0) is 39.6. The first-order chi connectivity index (χ1) is 29.7. The number of benzene rings is 8. The Bertz CT molecular complexity index is 3540. The van der Waals surface area contributed by atoms with Gasteiger partial charge in [0.15, 0.2) is 28.6 Å². The van der Waals surface area contributed by atoms with E-state index < -0.39 is 0 Å². The smallest absolute Gasteiger partial charge is 0.229 e. The lowest BCUT2D eigenvalue weighted by Crippen LogP contribution is -2.00. The summed E-state index contributed by atoms with van der Waals surface area (Å²) < 4.78 is 12.9. The van der Waals surface area contributed by atoms with E-state index in [1.807, 2.05) is 91.0 Å². The van der Waals surface area contributed by atoms with Gasteiger partial charge in [0.1, 0.15) is 16.6 Å². The molecule has 0 atom stereocenters. The molecule has 0 N–H and O–H groups in total. The second-order valence-corrected chi connectivity index (χ2v) is 14.7. The number of rotatable bonds is 6. The van der Waals surface area contributed by atoms with Gasteiger partial charge in [-0.2, -0.15) is 0 Å². The Hall–Kier alpha value is -8.36. The Morgan fingerprint density at radius 3 is 1.63 bits per heavy atom. The van der Waals surface area contributed by atoms with E-state index in [-0.39, 0.29) is 0 Å². The third kappa shape index (κ3) is 5.61. The van der Waals surface area contributed by atoms with Crippen molar-refractivity contribution < 1.29 is 8.83 Å². The highest BCUT2D eigenvalue weighted by Gasteiger charge is 2.20. The molecule has 4 aromatic heterocycles. The molecule has 12 rings (SSSR count). The number of aromatic nitrogens is 6. The van der Waals surface area contributed by atoms with Crippen molar-refractivity contribution in [2.24, 2.45) is 0 Å². The molecule has 0 amide bonds. The molecule has 0 saturated heterocycles. The van der Waals surface area contributed by atoms with Gasteiger partial charge in [-0.15, -0.1) is 0 Å². The molecule has 12 aromatic rings. The molecule has 0 aliphatic heterocycles. The lowest BCUT2D eigenvalue weighted by Gasteiger charge is -2.13. The fraction of sp³-hybridized carbons (Fsp3) is 0. The van der Waals surface area contributed by atoms with Gasteiger partial charge in [-0.3, -0.25) is 9.97 Å². The lowest BCUT2D eigenvalue weighted by atomic mass is 9.91. The SMILES string of the molecule is c1ccc(-c2nc(-c3ccccc3)nc(-c3ccc(-c4ccc(-c5ccc6oc7c(ccc8nc(-c9cccc%10nccnc9%10)oc87)c6c5)c5ccccc45)cc3)n2)cc1. The normalized spacial score (nSPS) is 11.7. The maximum Gasteiger partial charge on any atom is 0.229 e. The van der Waals surface area contributed by atoms with Gasteiger partial charge in [-0.1, -0.05) is 133 Å². The van der Waals surface area contributed by atoms with Crippen LogP contribution in [0.3, 0.4) is 0 Å². The van der Waals surface area contributed by atoms with Crippen molar-refractivity contribution in [2.75, 3.05) is 0 Å². The topological polar surface area (TPSA) is 104 Å². The molecule has 0 bridgehead atoms.